The standard InChI is InChI=1S/C19H27N3O2S.ClH/c20-17-3-1-2-15(17)13-18(23)21-16-6-4-14(5-7-16)12-19(24)22-8-10-25-11-9-22;/h4-7,15,17H,1-3,8-13,20H2,(H,21,23);1H/t15-,17+;/m0./s1. The van der Waals surface area contributed by atoms with Crippen molar-refractivity contribution in [3.05, 3.63) is 29.8 Å². The van der Waals surface area contributed by atoms with Crippen molar-refractivity contribution in [1.29, 1.82) is 0 Å². The van der Waals surface area contributed by atoms with Crippen LogP contribution in [0.25, 0.3) is 0 Å². The van der Waals surface area contributed by atoms with Crippen molar-refractivity contribution in [3.8, 4) is 0 Å². The Balaban J connectivity index is 0.00000243. The maximum atomic E-state index is 12.3. The van der Waals surface area contributed by atoms with Gasteiger partial charge in [0.25, 0.3) is 0 Å². The number of rotatable bonds is 5. The molecule has 1 aromatic carbocycles. The molecule has 3 N–H and O–H groups in total. The van der Waals surface area contributed by atoms with Gasteiger partial charge in [-0.1, -0.05) is 18.6 Å². The van der Waals surface area contributed by atoms with Crippen molar-refractivity contribution >= 4 is 41.7 Å². The zero-order valence-corrected chi connectivity index (χ0v) is 16.6. The molecule has 2 atom stereocenters. The topological polar surface area (TPSA) is 75.4 Å². The summed E-state index contributed by atoms with van der Waals surface area (Å²) < 4.78 is 0. The van der Waals surface area contributed by atoms with Gasteiger partial charge in [0, 0.05) is 42.7 Å². The minimum Gasteiger partial charge on any atom is -0.341 e. The quantitative estimate of drug-likeness (QED) is 0.800. The predicted molar refractivity (Wildman–Crippen MR) is 110 cm³/mol. The lowest BCUT2D eigenvalue weighted by Crippen LogP contribution is -2.38. The van der Waals surface area contributed by atoms with E-state index in [0.29, 0.717) is 18.8 Å². The van der Waals surface area contributed by atoms with E-state index >= 15 is 0 Å². The average Bonchev–Trinajstić information content (AvgIpc) is 3.02. The van der Waals surface area contributed by atoms with Gasteiger partial charge >= 0.3 is 0 Å². The Kier molecular flexibility index (Phi) is 8.25. The average molecular weight is 398 g/mol. The number of benzene rings is 1. The van der Waals surface area contributed by atoms with E-state index in [1.807, 2.05) is 40.9 Å². The molecule has 144 valence electrons. The third kappa shape index (κ3) is 5.89. The second-order valence-electron chi connectivity index (χ2n) is 6.97. The largest absolute Gasteiger partial charge is 0.341 e. The number of thioether (sulfide) groups is 1. The highest BCUT2D eigenvalue weighted by molar-refractivity contribution is 7.99. The number of carbonyl (C=O) groups excluding carboxylic acids is 2. The lowest BCUT2D eigenvalue weighted by molar-refractivity contribution is -0.130. The van der Waals surface area contributed by atoms with Crippen LogP contribution >= 0.6 is 24.2 Å². The number of carbonyl (C=O) groups is 2. The van der Waals surface area contributed by atoms with Crippen LogP contribution < -0.4 is 11.1 Å². The summed E-state index contributed by atoms with van der Waals surface area (Å²) in [6.45, 7) is 1.70. The SMILES string of the molecule is Cl.N[C@@H]1CCC[C@H]1CC(=O)Nc1ccc(CC(=O)N2CCSCC2)cc1. The molecule has 2 amide bonds. The van der Waals surface area contributed by atoms with Gasteiger partial charge < -0.3 is 16.0 Å². The predicted octanol–water partition coefficient (Wildman–Crippen LogP) is 2.68. The Labute approximate surface area is 165 Å². The third-order valence-electron chi connectivity index (χ3n) is 5.12. The number of nitrogens with one attached hydrogen (secondary N) is 1. The van der Waals surface area contributed by atoms with Gasteiger partial charge in [0.15, 0.2) is 0 Å². The first kappa shape index (κ1) is 21.1. The molecule has 2 aliphatic rings. The van der Waals surface area contributed by atoms with Gasteiger partial charge in [0.1, 0.15) is 0 Å². The fourth-order valence-electron chi connectivity index (χ4n) is 3.57. The van der Waals surface area contributed by atoms with Crippen LogP contribution in [0.5, 0.6) is 0 Å². The molecule has 3 rings (SSSR count). The van der Waals surface area contributed by atoms with Crippen LogP contribution in [0.1, 0.15) is 31.2 Å². The second-order valence-corrected chi connectivity index (χ2v) is 8.20. The Morgan fingerprint density at radius 1 is 1.15 bits per heavy atom. The molecule has 7 heteroatoms. The summed E-state index contributed by atoms with van der Waals surface area (Å²) in [7, 11) is 0. The van der Waals surface area contributed by atoms with E-state index in [4.69, 9.17) is 5.73 Å². The van der Waals surface area contributed by atoms with Gasteiger partial charge in [-0.3, -0.25) is 9.59 Å². The number of amides is 2. The molecular weight excluding hydrogens is 370 g/mol. The van der Waals surface area contributed by atoms with Crippen LogP contribution in [-0.4, -0.2) is 47.4 Å². The number of nitrogens with two attached hydrogens (primary N) is 1. The van der Waals surface area contributed by atoms with Crippen LogP contribution in [0.4, 0.5) is 5.69 Å². The van der Waals surface area contributed by atoms with Gasteiger partial charge in [0.2, 0.25) is 11.8 Å². The summed E-state index contributed by atoms with van der Waals surface area (Å²) in [5, 5.41) is 2.94. The minimum absolute atomic E-state index is 0. The van der Waals surface area contributed by atoms with Crippen LogP contribution in [0, 0.1) is 5.92 Å². The van der Waals surface area contributed by atoms with E-state index in [2.05, 4.69) is 5.32 Å². The Bertz CT molecular complexity index is 605. The Hall–Kier alpha value is -1.24. The molecule has 1 aliphatic heterocycles. The smallest absolute Gasteiger partial charge is 0.227 e. The van der Waals surface area contributed by atoms with Crippen LogP contribution in [0.2, 0.25) is 0 Å². The number of hydrogen-bond acceptors (Lipinski definition) is 4. The highest BCUT2D eigenvalue weighted by Gasteiger charge is 2.26. The number of hydrogen-bond donors (Lipinski definition) is 2. The summed E-state index contributed by atoms with van der Waals surface area (Å²) in [6, 6.07) is 7.76. The highest BCUT2D eigenvalue weighted by Crippen LogP contribution is 2.27. The van der Waals surface area contributed by atoms with E-state index < -0.39 is 0 Å². The maximum absolute atomic E-state index is 12.3. The molecule has 26 heavy (non-hydrogen) atoms. The second kappa shape index (κ2) is 10.2. The van der Waals surface area contributed by atoms with E-state index in [1.54, 1.807) is 0 Å². The molecule has 1 saturated carbocycles. The van der Waals surface area contributed by atoms with E-state index in [-0.39, 0.29) is 30.3 Å². The molecule has 0 unspecified atom stereocenters. The van der Waals surface area contributed by atoms with Crippen molar-refractivity contribution in [3.63, 3.8) is 0 Å². The summed E-state index contributed by atoms with van der Waals surface area (Å²) >= 11 is 1.90. The molecule has 1 aromatic rings. The van der Waals surface area contributed by atoms with Crippen molar-refractivity contribution in [2.45, 2.75) is 38.1 Å². The highest BCUT2D eigenvalue weighted by atomic mass is 35.5. The van der Waals surface area contributed by atoms with E-state index in [1.165, 1.54) is 0 Å². The molecule has 0 bridgehead atoms. The summed E-state index contributed by atoms with van der Waals surface area (Å²) in [4.78, 5) is 26.4. The third-order valence-corrected chi connectivity index (χ3v) is 6.06. The van der Waals surface area contributed by atoms with Crippen LogP contribution in [0.3, 0.4) is 0 Å². The summed E-state index contributed by atoms with van der Waals surface area (Å²) in [5.41, 5.74) is 7.80. The van der Waals surface area contributed by atoms with Crippen molar-refractivity contribution in [2.24, 2.45) is 11.7 Å². The Morgan fingerprint density at radius 3 is 2.46 bits per heavy atom. The fraction of sp³-hybridized carbons (Fsp3) is 0.579. The van der Waals surface area contributed by atoms with Crippen molar-refractivity contribution in [1.82, 2.24) is 4.90 Å². The first-order valence-electron chi connectivity index (χ1n) is 9.12. The Morgan fingerprint density at radius 2 is 1.85 bits per heavy atom. The summed E-state index contributed by atoms with van der Waals surface area (Å²) in [6.07, 6.45) is 4.11. The monoisotopic (exact) mass is 397 g/mol. The van der Waals surface area contributed by atoms with Crippen molar-refractivity contribution in [2.75, 3.05) is 29.9 Å². The number of anilines is 1. The molecule has 1 aliphatic carbocycles. The van der Waals surface area contributed by atoms with E-state index in [0.717, 1.165) is 55.1 Å². The van der Waals surface area contributed by atoms with Crippen molar-refractivity contribution < 1.29 is 9.59 Å². The molecule has 1 heterocycles. The maximum Gasteiger partial charge on any atom is 0.227 e. The fourth-order valence-corrected chi connectivity index (χ4v) is 4.48. The zero-order valence-electron chi connectivity index (χ0n) is 15.0. The first-order valence-corrected chi connectivity index (χ1v) is 10.3. The van der Waals surface area contributed by atoms with Gasteiger partial charge in [-0.15, -0.1) is 12.4 Å². The molecular formula is C19H28ClN3O2S. The zero-order chi connectivity index (χ0) is 17.6. The molecule has 1 saturated heterocycles. The molecule has 0 spiro atoms. The van der Waals surface area contributed by atoms with Gasteiger partial charge in [-0.25, -0.2) is 0 Å². The molecule has 5 nitrogen and oxygen atoms in total. The lowest BCUT2D eigenvalue weighted by atomic mass is 10.00. The number of halogens is 1. The number of nitrogens with zero attached hydrogens (tertiary/aromatic N) is 1. The van der Waals surface area contributed by atoms with Crippen LogP contribution in [-0.2, 0) is 16.0 Å². The summed E-state index contributed by atoms with van der Waals surface area (Å²) in [5.74, 6) is 2.58. The van der Waals surface area contributed by atoms with E-state index in [9.17, 15) is 9.59 Å². The first-order chi connectivity index (χ1) is 12.1. The lowest BCUT2D eigenvalue weighted by Gasteiger charge is -2.26. The van der Waals surface area contributed by atoms with Gasteiger partial charge in [0.05, 0.1) is 6.42 Å². The van der Waals surface area contributed by atoms with Gasteiger partial charge in [-0.2, -0.15) is 11.8 Å². The molecule has 2 fully saturated rings. The van der Waals surface area contributed by atoms with Crippen LogP contribution in [0.15, 0.2) is 24.3 Å². The van der Waals surface area contributed by atoms with Gasteiger partial charge in [-0.05, 0) is 36.5 Å². The normalized spacial score (nSPS) is 22.6. The molecule has 0 aromatic heterocycles. The molecule has 0 radical (unpaired) electrons. The minimum atomic E-state index is 0.